The molecule has 0 radical (unpaired) electrons. The fourth-order valence-corrected chi connectivity index (χ4v) is 2.53. The van der Waals surface area contributed by atoms with Crippen molar-refractivity contribution in [3.8, 4) is 0 Å². The molecule has 1 aliphatic rings. The summed E-state index contributed by atoms with van der Waals surface area (Å²) < 4.78 is 1.76. The number of rotatable bonds is 4. The van der Waals surface area contributed by atoms with Gasteiger partial charge in [-0.2, -0.15) is 5.10 Å². The molecule has 0 bridgehead atoms. The Labute approximate surface area is 114 Å². The van der Waals surface area contributed by atoms with Crippen LogP contribution in [0, 0.1) is 0 Å². The number of nitrogens with one attached hydrogen (secondary N) is 1. The van der Waals surface area contributed by atoms with Crippen molar-refractivity contribution in [3.63, 3.8) is 0 Å². The number of hydrogen-bond donors (Lipinski definition) is 1. The smallest absolute Gasteiger partial charge is 0.270 e. The van der Waals surface area contributed by atoms with Crippen LogP contribution in [0.25, 0.3) is 0 Å². The highest BCUT2D eigenvalue weighted by atomic mass is 16.2. The summed E-state index contributed by atoms with van der Waals surface area (Å²) in [7, 11) is 0. The highest BCUT2D eigenvalue weighted by Crippen LogP contribution is 2.20. The first-order chi connectivity index (χ1) is 9.09. The number of amides is 1. The second-order valence-electron chi connectivity index (χ2n) is 5.47. The van der Waals surface area contributed by atoms with E-state index in [-0.39, 0.29) is 18.0 Å². The Bertz CT molecular complexity index is 473. The average Bonchev–Trinajstić information content (AvgIpc) is 2.89. The van der Waals surface area contributed by atoms with Gasteiger partial charge in [-0.3, -0.25) is 9.48 Å². The van der Waals surface area contributed by atoms with Gasteiger partial charge in [0.05, 0.1) is 0 Å². The van der Waals surface area contributed by atoms with Gasteiger partial charge in [0.15, 0.2) is 0 Å². The van der Waals surface area contributed by atoms with Gasteiger partial charge in [-0.1, -0.05) is 11.6 Å². The maximum Gasteiger partial charge on any atom is 0.270 e. The minimum Gasteiger partial charge on any atom is -0.345 e. The molecule has 1 aromatic rings. The van der Waals surface area contributed by atoms with E-state index in [2.05, 4.69) is 23.4 Å². The molecule has 0 saturated carbocycles. The SMILES string of the molecule is CC(C)n1nccc1C(=O)N[C@H](C)C1=CCCCC1. The summed E-state index contributed by atoms with van der Waals surface area (Å²) in [4.78, 5) is 12.3. The number of hydrogen-bond acceptors (Lipinski definition) is 2. The van der Waals surface area contributed by atoms with E-state index in [1.807, 2.05) is 13.8 Å². The average molecular weight is 261 g/mol. The van der Waals surface area contributed by atoms with E-state index in [4.69, 9.17) is 0 Å². The predicted octanol–water partition coefficient (Wildman–Crippen LogP) is 3.08. The monoisotopic (exact) mass is 261 g/mol. The first-order valence-corrected chi connectivity index (χ1v) is 7.13. The lowest BCUT2D eigenvalue weighted by Crippen LogP contribution is -2.35. The van der Waals surface area contributed by atoms with E-state index in [9.17, 15) is 4.79 Å². The van der Waals surface area contributed by atoms with Crippen molar-refractivity contribution in [2.45, 2.75) is 58.5 Å². The second kappa shape index (κ2) is 6.04. The van der Waals surface area contributed by atoms with Crippen LogP contribution in [-0.2, 0) is 0 Å². The van der Waals surface area contributed by atoms with E-state index in [1.165, 1.54) is 18.4 Å². The van der Waals surface area contributed by atoms with Crippen molar-refractivity contribution < 1.29 is 4.79 Å². The Balaban J connectivity index is 2.04. The van der Waals surface area contributed by atoms with Gasteiger partial charge in [0.25, 0.3) is 5.91 Å². The van der Waals surface area contributed by atoms with Gasteiger partial charge >= 0.3 is 0 Å². The van der Waals surface area contributed by atoms with Crippen LogP contribution in [0.5, 0.6) is 0 Å². The Morgan fingerprint density at radius 1 is 1.37 bits per heavy atom. The molecule has 1 aliphatic carbocycles. The maximum atomic E-state index is 12.3. The van der Waals surface area contributed by atoms with Crippen molar-refractivity contribution in [1.82, 2.24) is 15.1 Å². The van der Waals surface area contributed by atoms with E-state index >= 15 is 0 Å². The molecule has 4 nitrogen and oxygen atoms in total. The Morgan fingerprint density at radius 2 is 2.16 bits per heavy atom. The van der Waals surface area contributed by atoms with Crippen molar-refractivity contribution in [2.75, 3.05) is 0 Å². The zero-order valence-corrected chi connectivity index (χ0v) is 12.0. The Kier molecular flexibility index (Phi) is 4.40. The van der Waals surface area contributed by atoms with Gasteiger partial charge in [0.2, 0.25) is 0 Å². The van der Waals surface area contributed by atoms with Gasteiger partial charge < -0.3 is 5.32 Å². The summed E-state index contributed by atoms with van der Waals surface area (Å²) in [6, 6.07) is 2.08. The zero-order chi connectivity index (χ0) is 13.8. The molecule has 4 heteroatoms. The van der Waals surface area contributed by atoms with Gasteiger partial charge in [-0.25, -0.2) is 0 Å². The highest BCUT2D eigenvalue weighted by Gasteiger charge is 2.18. The summed E-state index contributed by atoms with van der Waals surface area (Å²) in [5.74, 6) is -0.0369. The summed E-state index contributed by atoms with van der Waals surface area (Å²) in [5.41, 5.74) is 1.99. The predicted molar refractivity (Wildman–Crippen MR) is 76.1 cm³/mol. The molecule has 0 unspecified atom stereocenters. The summed E-state index contributed by atoms with van der Waals surface area (Å²) >= 11 is 0. The van der Waals surface area contributed by atoms with E-state index < -0.39 is 0 Å². The lowest BCUT2D eigenvalue weighted by atomic mass is 9.95. The molecule has 0 fully saturated rings. The summed E-state index contributed by atoms with van der Waals surface area (Å²) in [6.07, 6.45) is 8.69. The molecular formula is C15H23N3O. The third-order valence-corrected chi connectivity index (χ3v) is 3.62. The van der Waals surface area contributed by atoms with Crippen LogP contribution in [0.1, 0.15) is 63.0 Å². The molecule has 0 saturated heterocycles. The van der Waals surface area contributed by atoms with Crippen molar-refractivity contribution >= 4 is 5.91 Å². The van der Waals surface area contributed by atoms with E-state index in [1.54, 1.807) is 16.9 Å². The quantitative estimate of drug-likeness (QED) is 0.847. The molecule has 1 heterocycles. The second-order valence-corrected chi connectivity index (χ2v) is 5.47. The zero-order valence-electron chi connectivity index (χ0n) is 12.0. The fourth-order valence-electron chi connectivity index (χ4n) is 2.53. The van der Waals surface area contributed by atoms with Gasteiger partial charge in [-0.05, 0) is 52.5 Å². The largest absolute Gasteiger partial charge is 0.345 e. The number of aromatic nitrogens is 2. The summed E-state index contributed by atoms with van der Waals surface area (Å²) in [5, 5.41) is 7.28. The molecule has 104 valence electrons. The lowest BCUT2D eigenvalue weighted by Gasteiger charge is -2.21. The van der Waals surface area contributed by atoms with Crippen LogP contribution in [0.3, 0.4) is 0 Å². The number of carbonyl (C=O) groups is 1. The minimum atomic E-state index is -0.0369. The van der Waals surface area contributed by atoms with Crippen LogP contribution in [-0.4, -0.2) is 21.7 Å². The minimum absolute atomic E-state index is 0.0369. The molecule has 1 N–H and O–H groups in total. The maximum absolute atomic E-state index is 12.3. The summed E-state index contributed by atoms with van der Waals surface area (Å²) in [6.45, 7) is 6.11. The third kappa shape index (κ3) is 3.25. The lowest BCUT2D eigenvalue weighted by molar-refractivity contribution is 0.0932. The molecule has 19 heavy (non-hydrogen) atoms. The van der Waals surface area contributed by atoms with Gasteiger partial charge in [0.1, 0.15) is 5.69 Å². The topological polar surface area (TPSA) is 46.9 Å². The normalized spacial score (nSPS) is 17.2. The van der Waals surface area contributed by atoms with Crippen molar-refractivity contribution in [1.29, 1.82) is 0 Å². The van der Waals surface area contributed by atoms with Crippen molar-refractivity contribution in [3.05, 3.63) is 29.6 Å². The first-order valence-electron chi connectivity index (χ1n) is 7.13. The Morgan fingerprint density at radius 3 is 2.79 bits per heavy atom. The molecule has 0 aliphatic heterocycles. The molecule has 2 rings (SSSR count). The standard InChI is InChI=1S/C15H23N3O/c1-11(2)18-14(9-10-16-18)15(19)17-12(3)13-7-5-4-6-8-13/h7,9-12H,4-6,8H2,1-3H3,(H,17,19)/t12-/m1/s1. The highest BCUT2D eigenvalue weighted by molar-refractivity contribution is 5.92. The van der Waals surface area contributed by atoms with Crippen LogP contribution in [0.15, 0.2) is 23.9 Å². The molecular weight excluding hydrogens is 238 g/mol. The molecule has 1 atom stereocenters. The van der Waals surface area contributed by atoms with E-state index in [0.717, 1.165) is 12.8 Å². The molecule has 0 aromatic carbocycles. The van der Waals surface area contributed by atoms with E-state index in [0.29, 0.717) is 5.69 Å². The van der Waals surface area contributed by atoms with Gasteiger partial charge in [-0.15, -0.1) is 0 Å². The van der Waals surface area contributed by atoms with Crippen LogP contribution in [0.2, 0.25) is 0 Å². The molecule has 0 spiro atoms. The van der Waals surface area contributed by atoms with Crippen LogP contribution >= 0.6 is 0 Å². The number of allylic oxidation sites excluding steroid dienone is 1. The first kappa shape index (κ1) is 13.8. The third-order valence-electron chi connectivity index (χ3n) is 3.62. The van der Waals surface area contributed by atoms with Gasteiger partial charge in [0, 0.05) is 18.3 Å². The number of nitrogens with zero attached hydrogens (tertiary/aromatic N) is 2. The van der Waals surface area contributed by atoms with Crippen LogP contribution < -0.4 is 5.32 Å². The van der Waals surface area contributed by atoms with Crippen LogP contribution in [0.4, 0.5) is 0 Å². The molecule has 1 aromatic heterocycles. The number of carbonyl (C=O) groups excluding carboxylic acids is 1. The Hall–Kier alpha value is -1.58. The van der Waals surface area contributed by atoms with Crippen molar-refractivity contribution in [2.24, 2.45) is 0 Å². The fraction of sp³-hybridized carbons (Fsp3) is 0.600. The molecule has 1 amide bonds.